The largest absolute Gasteiger partial charge is 0.0683 e. The first kappa shape index (κ1) is 18.4. The van der Waals surface area contributed by atoms with E-state index >= 15 is 0 Å². The molecule has 0 heterocycles. The van der Waals surface area contributed by atoms with Crippen LogP contribution in [-0.2, 0) is 0 Å². The van der Waals surface area contributed by atoms with Gasteiger partial charge in [0, 0.05) is 0 Å². The van der Waals surface area contributed by atoms with Crippen LogP contribution in [0.2, 0.25) is 0 Å². The lowest BCUT2D eigenvalue weighted by Crippen LogP contribution is -2.47. The predicted molar refractivity (Wildman–Crippen MR) is 77.9 cm³/mol. The second kappa shape index (κ2) is 10.2. The second-order valence-corrected chi connectivity index (χ2v) is 5.09. The molecule has 3 rings (SSSR count). The van der Waals surface area contributed by atoms with Gasteiger partial charge in [-0.15, -0.1) is 0 Å². The van der Waals surface area contributed by atoms with E-state index in [-0.39, 0.29) is 0 Å². The Morgan fingerprint density at radius 1 is 0.875 bits per heavy atom. The van der Waals surface area contributed by atoms with Gasteiger partial charge in [0.15, 0.2) is 0 Å². The van der Waals surface area contributed by atoms with Crippen molar-refractivity contribution < 1.29 is 0 Å². The van der Waals surface area contributed by atoms with Gasteiger partial charge in [0.1, 0.15) is 0 Å². The van der Waals surface area contributed by atoms with Gasteiger partial charge in [-0.3, -0.25) is 0 Å². The summed E-state index contributed by atoms with van der Waals surface area (Å²) >= 11 is 0. The molecule has 2 unspecified atom stereocenters. The molecule has 0 amide bonds. The fourth-order valence-electron chi connectivity index (χ4n) is 2.71. The van der Waals surface area contributed by atoms with E-state index in [4.69, 9.17) is 0 Å². The van der Waals surface area contributed by atoms with Crippen LogP contribution in [0.25, 0.3) is 0 Å². The summed E-state index contributed by atoms with van der Waals surface area (Å²) in [6.45, 7) is 17.1. The third kappa shape index (κ3) is 4.89. The molecule has 2 atom stereocenters. The van der Waals surface area contributed by atoms with Gasteiger partial charge in [-0.2, -0.15) is 0 Å². The fraction of sp³-hybridized carbons (Fsp3) is 1.00. The quantitative estimate of drug-likeness (QED) is 0.456. The van der Waals surface area contributed by atoms with E-state index in [1.807, 2.05) is 27.7 Å². The Balaban J connectivity index is 0. The van der Waals surface area contributed by atoms with Gasteiger partial charge < -0.3 is 0 Å². The molecule has 3 fully saturated rings. The number of fused-ring (bicyclic) bond motifs is 2. The van der Waals surface area contributed by atoms with Crippen molar-refractivity contribution in [3.63, 3.8) is 0 Å². The SMILES string of the molecule is CC.CC.CC1(C)C2CCCC1C2.CCC. The maximum Gasteiger partial charge on any atom is -0.0297 e. The van der Waals surface area contributed by atoms with Crippen molar-refractivity contribution in [1.82, 2.24) is 0 Å². The monoisotopic (exact) mass is 228 g/mol. The molecule has 0 nitrogen and oxygen atoms in total. The number of hydrogen-bond donors (Lipinski definition) is 0. The fourth-order valence-corrected chi connectivity index (χ4v) is 2.71. The molecule has 0 radical (unpaired) electrons. The summed E-state index contributed by atoms with van der Waals surface area (Å²) in [5.74, 6) is 2.19. The molecular weight excluding hydrogens is 192 g/mol. The Morgan fingerprint density at radius 2 is 1.19 bits per heavy atom. The Bertz CT molecular complexity index is 119. The highest BCUT2D eigenvalue weighted by Crippen LogP contribution is 2.58. The molecule has 0 aromatic heterocycles. The van der Waals surface area contributed by atoms with Crippen LogP contribution in [0.5, 0.6) is 0 Å². The maximum absolute atomic E-state index is 2.45. The second-order valence-electron chi connectivity index (χ2n) is 5.09. The van der Waals surface area contributed by atoms with E-state index in [2.05, 4.69) is 27.7 Å². The molecule has 3 aliphatic carbocycles. The topological polar surface area (TPSA) is 0 Å². The van der Waals surface area contributed by atoms with Crippen molar-refractivity contribution in [3.05, 3.63) is 0 Å². The molecule has 0 heteroatoms. The van der Waals surface area contributed by atoms with Crippen molar-refractivity contribution in [2.45, 2.75) is 87.5 Å². The minimum atomic E-state index is 0.734. The summed E-state index contributed by atoms with van der Waals surface area (Å²) < 4.78 is 0. The van der Waals surface area contributed by atoms with Gasteiger partial charge in [-0.25, -0.2) is 0 Å². The highest BCUT2D eigenvalue weighted by Gasteiger charge is 2.49. The highest BCUT2D eigenvalue weighted by molar-refractivity contribution is 4.99. The van der Waals surface area contributed by atoms with Gasteiger partial charge in [0.25, 0.3) is 0 Å². The zero-order valence-corrected chi connectivity index (χ0v) is 13.2. The molecule has 0 saturated heterocycles. The molecule has 0 aromatic rings. The van der Waals surface area contributed by atoms with Crippen LogP contribution in [0.4, 0.5) is 0 Å². The average Bonchev–Trinajstić information content (AvgIpc) is 2.36. The van der Waals surface area contributed by atoms with Crippen LogP contribution in [0.1, 0.15) is 87.5 Å². The summed E-state index contributed by atoms with van der Waals surface area (Å²) in [7, 11) is 0. The van der Waals surface area contributed by atoms with E-state index in [1.54, 1.807) is 6.42 Å². The van der Waals surface area contributed by atoms with Crippen LogP contribution in [0.15, 0.2) is 0 Å². The number of rotatable bonds is 0. The lowest BCUT2D eigenvalue weighted by atomic mass is 9.49. The van der Waals surface area contributed by atoms with Crippen LogP contribution in [0, 0.1) is 17.3 Å². The van der Waals surface area contributed by atoms with Crippen LogP contribution in [0.3, 0.4) is 0 Å². The van der Waals surface area contributed by atoms with Gasteiger partial charge in [0.05, 0.1) is 0 Å². The van der Waals surface area contributed by atoms with Crippen molar-refractivity contribution in [2.24, 2.45) is 17.3 Å². The van der Waals surface area contributed by atoms with Gasteiger partial charge in [-0.05, 0) is 36.5 Å². The van der Waals surface area contributed by atoms with E-state index in [9.17, 15) is 0 Å². The normalized spacial score (nSPS) is 27.8. The molecular formula is C16H36. The lowest BCUT2D eigenvalue weighted by Gasteiger charge is -2.56. The molecule has 2 bridgehead atoms. The van der Waals surface area contributed by atoms with Crippen molar-refractivity contribution >= 4 is 0 Å². The molecule has 3 aliphatic rings. The Morgan fingerprint density at radius 3 is 1.31 bits per heavy atom. The smallest absolute Gasteiger partial charge is 0.0297 e. The van der Waals surface area contributed by atoms with Gasteiger partial charge >= 0.3 is 0 Å². The minimum absolute atomic E-state index is 0.734. The summed E-state index contributed by atoms with van der Waals surface area (Å²) in [5, 5.41) is 0. The first-order valence-corrected chi connectivity index (χ1v) is 7.62. The van der Waals surface area contributed by atoms with E-state index in [0.717, 1.165) is 17.3 Å². The molecule has 0 aliphatic heterocycles. The highest BCUT2D eigenvalue weighted by atomic mass is 14.5. The third-order valence-electron chi connectivity index (χ3n) is 3.78. The molecule has 0 spiro atoms. The summed E-state index contributed by atoms with van der Waals surface area (Å²) in [5.41, 5.74) is 0.734. The zero-order valence-electron chi connectivity index (χ0n) is 13.2. The molecule has 0 aromatic carbocycles. The Kier molecular flexibility index (Phi) is 11.7. The van der Waals surface area contributed by atoms with Crippen molar-refractivity contribution in [2.75, 3.05) is 0 Å². The zero-order chi connectivity index (χ0) is 13.2. The third-order valence-corrected chi connectivity index (χ3v) is 3.78. The first-order chi connectivity index (χ1) is 7.62. The van der Waals surface area contributed by atoms with Crippen molar-refractivity contribution in [1.29, 1.82) is 0 Å². The maximum atomic E-state index is 2.45. The lowest BCUT2D eigenvalue weighted by molar-refractivity contribution is -0.0646. The van der Waals surface area contributed by atoms with E-state index in [0.29, 0.717) is 0 Å². The molecule has 3 saturated carbocycles. The Hall–Kier alpha value is 0. The standard InChI is InChI=1S/C9H16.C3H8.2C2H6/c1-9(2)7-4-3-5-8(9)6-7;1-3-2;2*1-2/h7-8H,3-6H2,1-2H3;3H2,1-2H3;2*1-2H3. The van der Waals surface area contributed by atoms with E-state index in [1.165, 1.54) is 25.7 Å². The molecule has 16 heavy (non-hydrogen) atoms. The first-order valence-electron chi connectivity index (χ1n) is 7.62. The Labute approximate surface area is 105 Å². The predicted octanol–water partition coefficient (Wildman–Crippen LogP) is 6.30. The summed E-state index contributed by atoms with van der Waals surface area (Å²) in [4.78, 5) is 0. The van der Waals surface area contributed by atoms with Gasteiger partial charge in [0.2, 0.25) is 0 Å². The summed E-state index contributed by atoms with van der Waals surface area (Å²) in [6, 6.07) is 0. The van der Waals surface area contributed by atoms with E-state index < -0.39 is 0 Å². The van der Waals surface area contributed by atoms with Crippen molar-refractivity contribution in [3.8, 4) is 0 Å². The number of hydrogen-bond acceptors (Lipinski definition) is 0. The van der Waals surface area contributed by atoms with Crippen LogP contribution in [-0.4, -0.2) is 0 Å². The van der Waals surface area contributed by atoms with Crippen LogP contribution >= 0.6 is 0 Å². The summed E-state index contributed by atoms with van der Waals surface area (Å²) in [6.07, 6.45) is 7.35. The minimum Gasteiger partial charge on any atom is -0.0683 e. The molecule has 100 valence electrons. The molecule has 0 N–H and O–H groups in total. The van der Waals surface area contributed by atoms with Gasteiger partial charge in [-0.1, -0.05) is 68.2 Å². The van der Waals surface area contributed by atoms with Crippen LogP contribution < -0.4 is 0 Å². The average molecular weight is 228 g/mol.